The van der Waals surface area contributed by atoms with Crippen LogP contribution in [0.3, 0.4) is 0 Å². The summed E-state index contributed by atoms with van der Waals surface area (Å²) >= 11 is 0. The summed E-state index contributed by atoms with van der Waals surface area (Å²) in [5, 5.41) is 16.3. The number of benzene rings is 1. The van der Waals surface area contributed by atoms with Gasteiger partial charge in [-0.15, -0.1) is 0 Å². The fourth-order valence-electron chi connectivity index (χ4n) is 6.25. The molecule has 0 saturated carbocycles. The molecule has 35 heavy (non-hydrogen) atoms. The van der Waals surface area contributed by atoms with Crippen LogP contribution in [0.4, 0.5) is 0 Å². The second-order valence-electron chi connectivity index (χ2n) is 10.3. The number of carbonyl (C=O) groups excluding carboxylic acids is 3. The van der Waals surface area contributed by atoms with Crippen LogP contribution in [0.5, 0.6) is 0 Å². The van der Waals surface area contributed by atoms with Gasteiger partial charge in [0.15, 0.2) is 0 Å². The smallest absolute Gasteiger partial charge is 0.245 e. The van der Waals surface area contributed by atoms with Crippen LogP contribution < -0.4 is 10.6 Å². The summed E-state index contributed by atoms with van der Waals surface area (Å²) in [6.07, 6.45) is 3.33. The zero-order valence-electron chi connectivity index (χ0n) is 21.0. The zero-order chi connectivity index (χ0) is 25.2. The average Bonchev–Trinajstić information content (AvgIpc) is 3.51. The van der Waals surface area contributed by atoms with E-state index in [-0.39, 0.29) is 36.4 Å². The first-order valence-electron chi connectivity index (χ1n) is 13.1. The SMILES string of the molecule is CCCCNC(=O)C1N([C@@H](CO)[C@@H](C)CC)C(=O)[C@@H]2[C@@H](C(=O)NCc3ccccc3)[C@H]3CCC12O3. The third-order valence-electron chi connectivity index (χ3n) is 8.27. The first-order chi connectivity index (χ1) is 16.9. The van der Waals surface area contributed by atoms with Crippen LogP contribution in [-0.2, 0) is 25.7 Å². The quantitative estimate of drug-likeness (QED) is 0.416. The third kappa shape index (κ3) is 4.47. The predicted molar refractivity (Wildman–Crippen MR) is 131 cm³/mol. The molecule has 8 heteroatoms. The molecule has 2 unspecified atom stereocenters. The number of nitrogens with one attached hydrogen (secondary N) is 2. The number of amides is 3. The summed E-state index contributed by atoms with van der Waals surface area (Å²) in [5.74, 6) is -2.09. The molecule has 3 N–H and O–H groups in total. The van der Waals surface area contributed by atoms with Gasteiger partial charge in [0.25, 0.3) is 0 Å². The van der Waals surface area contributed by atoms with Gasteiger partial charge in [-0.05, 0) is 30.7 Å². The van der Waals surface area contributed by atoms with E-state index in [0.29, 0.717) is 25.9 Å². The second-order valence-corrected chi connectivity index (χ2v) is 10.3. The van der Waals surface area contributed by atoms with Gasteiger partial charge in [0.2, 0.25) is 17.7 Å². The molecule has 0 radical (unpaired) electrons. The second kappa shape index (κ2) is 10.7. The summed E-state index contributed by atoms with van der Waals surface area (Å²) in [7, 11) is 0. The summed E-state index contributed by atoms with van der Waals surface area (Å²) < 4.78 is 6.45. The van der Waals surface area contributed by atoms with Crippen molar-refractivity contribution in [3.8, 4) is 0 Å². The van der Waals surface area contributed by atoms with Gasteiger partial charge in [-0.2, -0.15) is 0 Å². The maximum atomic E-state index is 14.0. The minimum absolute atomic E-state index is 0.00678. The van der Waals surface area contributed by atoms with E-state index in [1.807, 2.05) is 44.2 Å². The fraction of sp³-hybridized carbons (Fsp3) is 0.667. The Hall–Kier alpha value is -2.45. The van der Waals surface area contributed by atoms with Crippen molar-refractivity contribution in [1.82, 2.24) is 15.5 Å². The third-order valence-corrected chi connectivity index (χ3v) is 8.27. The van der Waals surface area contributed by atoms with Gasteiger partial charge < -0.3 is 25.4 Å². The van der Waals surface area contributed by atoms with Crippen molar-refractivity contribution in [2.24, 2.45) is 17.8 Å². The van der Waals surface area contributed by atoms with E-state index in [9.17, 15) is 19.5 Å². The predicted octanol–water partition coefficient (Wildman–Crippen LogP) is 2.00. The molecule has 4 rings (SSSR count). The van der Waals surface area contributed by atoms with Crippen LogP contribution in [0.2, 0.25) is 0 Å². The summed E-state index contributed by atoms with van der Waals surface area (Å²) in [4.78, 5) is 42.5. The van der Waals surface area contributed by atoms with E-state index in [4.69, 9.17) is 4.74 Å². The highest BCUT2D eigenvalue weighted by Gasteiger charge is 2.75. The first kappa shape index (κ1) is 25.6. The zero-order valence-corrected chi connectivity index (χ0v) is 21.0. The average molecular weight is 486 g/mol. The molecule has 3 heterocycles. The normalized spacial score (nSPS) is 30.7. The van der Waals surface area contributed by atoms with Crippen molar-refractivity contribution in [1.29, 1.82) is 0 Å². The standard InChI is InChI=1S/C27H39N3O5/c1-4-6-14-28-25(33)23-27-13-12-20(35-27)21(24(32)29-15-18-10-8-7-9-11-18)22(27)26(34)30(23)19(16-31)17(3)5-2/h7-11,17,19-23,31H,4-6,12-16H2,1-3H3,(H,28,33)(H,29,32)/t17-,19-,20+,21-,22-,23?,27?/m0/s1. The number of rotatable bonds is 11. The molecule has 0 aromatic heterocycles. The molecule has 3 fully saturated rings. The van der Waals surface area contributed by atoms with Crippen LogP contribution in [0.25, 0.3) is 0 Å². The number of aliphatic hydroxyl groups is 1. The monoisotopic (exact) mass is 485 g/mol. The minimum atomic E-state index is -1.03. The number of likely N-dealkylation sites (tertiary alicyclic amines) is 1. The lowest BCUT2D eigenvalue weighted by Crippen LogP contribution is -2.59. The van der Waals surface area contributed by atoms with Gasteiger partial charge in [0, 0.05) is 13.1 Å². The Balaban J connectivity index is 1.64. The molecule has 0 aliphatic carbocycles. The van der Waals surface area contributed by atoms with Crippen molar-refractivity contribution in [2.45, 2.75) is 83.2 Å². The van der Waals surface area contributed by atoms with Crippen LogP contribution >= 0.6 is 0 Å². The maximum Gasteiger partial charge on any atom is 0.245 e. The molecule has 3 aliphatic heterocycles. The Labute approximate surface area is 207 Å². The molecule has 192 valence electrons. The van der Waals surface area contributed by atoms with Crippen LogP contribution in [0.1, 0.15) is 58.4 Å². The molecule has 1 spiro atoms. The van der Waals surface area contributed by atoms with E-state index >= 15 is 0 Å². The Morgan fingerprint density at radius 3 is 2.60 bits per heavy atom. The Morgan fingerprint density at radius 1 is 1.20 bits per heavy atom. The lowest BCUT2D eigenvalue weighted by molar-refractivity contribution is -0.147. The number of unbranched alkanes of at least 4 members (excludes halogenated alkanes) is 1. The maximum absolute atomic E-state index is 14.0. The van der Waals surface area contributed by atoms with Gasteiger partial charge in [0.1, 0.15) is 11.6 Å². The Morgan fingerprint density at radius 2 is 1.94 bits per heavy atom. The molecule has 3 aliphatic rings. The van der Waals surface area contributed by atoms with Crippen molar-refractivity contribution in [3.63, 3.8) is 0 Å². The minimum Gasteiger partial charge on any atom is -0.394 e. The largest absolute Gasteiger partial charge is 0.394 e. The number of nitrogens with zero attached hydrogens (tertiary/aromatic N) is 1. The van der Waals surface area contributed by atoms with Crippen LogP contribution in [0, 0.1) is 17.8 Å². The molecule has 1 aromatic carbocycles. The Bertz CT molecular complexity index is 925. The van der Waals surface area contributed by atoms with Crippen molar-refractivity contribution in [3.05, 3.63) is 35.9 Å². The topological polar surface area (TPSA) is 108 Å². The molecule has 3 saturated heterocycles. The van der Waals surface area contributed by atoms with E-state index in [1.165, 1.54) is 0 Å². The highest BCUT2D eigenvalue weighted by Crippen LogP contribution is 2.59. The Kier molecular flexibility index (Phi) is 7.81. The fourth-order valence-corrected chi connectivity index (χ4v) is 6.25. The first-order valence-corrected chi connectivity index (χ1v) is 13.1. The summed E-state index contributed by atoms with van der Waals surface area (Å²) in [6.45, 7) is 6.69. The highest BCUT2D eigenvalue weighted by molar-refractivity contribution is 5.99. The molecule has 3 amide bonds. The van der Waals surface area contributed by atoms with Gasteiger partial charge in [-0.3, -0.25) is 14.4 Å². The van der Waals surface area contributed by atoms with E-state index < -0.39 is 29.5 Å². The van der Waals surface area contributed by atoms with Crippen LogP contribution in [0.15, 0.2) is 30.3 Å². The van der Waals surface area contributed by atoms with Crippen molar-refractivity contribution < 1.29 is 24.2 Å². The lowest BCUT2D eigenvalue weighted by Gasteiger charge is -2.38. The molecule has 1 aromatic rings. The lowest BCUT2D eigenvalue weighted by atomic mass is 9.70. The van der Waals surface area contributed by atoms with Crippen molar-refractivity contribution in [2.75, 3.05) is 13.2 Å². The number of fused-ring (bicyclic) bond motifs is 1. The summed E-state index contributed by atoms with van der Waals surface area (Å²) in [6, 6.07) is 8.28. The van der Waals surface area contributed by atoms with Crippen molar-refractivity contribution >= 4 is 17.7 Å². The number of carbonyl (C=O) groups is 3. The molecule has 8 nitrogen and oxygen atoms in total. The number of aliphatic hydroxyl groups excluding tert-OH is 1. The van der Waals surface area contributed by atoms with E-state index in [0.717, 1.165) is 24.8 Å². The molecular weight excluding hydrogens is 446 g/mol. The van der Waals surface area contributed by atoms with Crippen LogP contribution in [-0.4, -0.2) is 64.7 Å². The molecule has 2 bridgehead atoms. The summed E-state index contributed by atoms with van der Waals surface area (Å²) in [5.41, 5.74) is -0.0578. The van der Waals surface area contributed by atoms with E-state index in [2.05, 4.69) is 17.6 Å². The van der Waals surface area contributed by atoms with Gasteiger partial charge >= 0.3 is 0 Å². The van der Waals surface area contributed by atoms with Gasteiger partial charge in [0.05, 0.1) is 30.6 Å². The number of ether oxygens (including phenoxy) is 1. The highest BCUT2D eigenvalue weighted by atomic mass is 16.5. The number of hydrogen-bond donors (Lipinski definition) is 3. The number of hydrogen-bond acceptors (Lipinski definition) is 5. The van der Waals surface area contributed by atoms with Gasteiger partial charge in [-0.1, -0.05) is 63.9 Å². The molecule has 7 atom stereocenters. The van der Waals surface area contributed by atoms with E-state index in [1.54, 1.807) is 4.90 Å². The molecular formula is C27H39N3O5. The van der Waals surface area contributed by atoms with Gasteiger partial charge in [-0.25, -0.2) is 0 Å².